The smallest absolute Gasteiger partial charge is 0.407 e. The first-order valence-corrected chi connectivity index (χ1v) is 14.9. The number of nitriles is 1. The molecule has 0 saturated heterocycles. The van der Waals surface area contributed by atoms with E-state index in [0.29, 0.717) is 25.5 Å². The van der Waals surface area contributed by atoms with Gasteiger partial charge in [-0.1, -0.05) is 24.3 Å². The summed E-state index contributed by atoms with van der Waals surface area (Å²) in [6, 6.07) is 15.3. The molecule has 4 aromatic rings. The van der Waals surface area contributed by atoms with E-state index in [9.17, 15) is 14.9 Å². The van der Waals surface area contributed by atoms with E-state index >= 15 is 0 Å². The lowest BCUT2D eigenvalue weighted by atomic mass is 10.1. The zero-order chi connectivity index (χ0) is 31.0. The van der Waals surface area contributed by atoms with E-state index in [1.54, 1.807) is 44.3 Å². The van der Waals surface area contributed by atoms with Crippen LogP contribution in [0.5, 0.6) is 6.01 Å². The Morgan fingerprint density at radius 2 is 1.84 bits per heavy atom. The summed E-state index contributed by atoms with van der Waals surface area (Å²) in [7, 11) is 1.93. The zero-order valence-corrected chi connectivity index (χ0v) is 25.9. The van der Waals surface area contributed by atoms with Crippen LogP contribution in [0.4, 0.5) is 15.6 Å². The van der Waals surface area contributed by atoms with E-state index in [0.717, 1.165) is 30.4 Å². The molecule has 43 heavy (non-hydrogen) atoms. The molecule has 0 aliphatic heterocycles. The van der Waals surface area contributed by atoms with Crippen molar-refractivity contribution in [3.05, 3.63) is 70.2 Å². The molecule has 0 spiro atoms. The summed E-state index contributed by atoms with van der Waals surface area (Å²) in [6.07, 6.45) is 2.59. The highest BCUT2D eigenvalue weighted by atomic mass is 32.1. The number of esters is 1. The summed E-state index contributed by atoms with van der Waals surface area (Å²) in [5.74, 6) is -0.296. The number of nitrogens with one attached hydrogen (secondary N) is 1. The molecule has 3 N–H and O–H groups in total. The number of fused-ring (bicyclic) bond motifs is 1. The van der Waals surface area contributed by atoms with Crippen molar-refractivity contribution >= 4 is 61.0 Å². The Labute approximate surface area is 257 Å². The highest BCUT2D eigenvalue weighted by Crippen LogP contribution is 2.38. The van der Waals surface area contributed by atoms with Gasteiger partial charge >= 0.3 is 18.1 Å². The number of hydrogen-bond acceptors (Lipinski definition) is 12. The molecule has 3 aromatic heterocycles. The molecule has 224 valence electrons. The lowest BCUT2D eigenvalue weighted by Crippen LogP contribution is -2.28. The summed E-state index contributed by atoms with van der Waals surface area (Å²) in [4.78, 5) is 35.3. The Bertz CT molecular complexity index is 1620. The van der Waals surface area contributed by atoms with Crippen molar-refractivity contribution in [1.29, 1.82) is 5.26 Å². The number of nitrogens with two attached hydrogens (primary N) is 1. The number of hydrogen-bond donors (Lipinski definition) is 2. The van der Waals surface area contributed by atoms with Crippen LogP contribution in [0.2, 0.25) is 0 Å². The van der Waals surface area contributed by atoms with Crippen LogP contribution in [0.25, 0.3) is 15.5 Å². The van der Waals surface area contributed by atoms with Gasteiger partial charge in [-0.3, -0.25) is 0 Å². The van der Waals surface area contributed by atoms with Gasteiger partial charge in [0.25, 0.3) is 0 Å². The Morgan fingerprint density at radius 3 is 2.51 bits per heavy atom. The van der Waals surface area contributed by atoms with Crippen LogP contribution >= 0.6 is 22.7 Å². The number of anilines is 2. The van der Waals surface area contributed by atoms with Crippen molar-refractivity contribution in [3.63, 3.8) is 0 Å². The summed E-state index contributed by atoms with van der Waals surface area (Å²) in [5, 5.41) is 13.2. The van der Waals surface area contributed by atoms with Gasteiger partial charge < -0.3 is 30.2 Å². The molecule has 0 saturated carbocycles. The predicted octanol–water partition coefficient (Wildman–Crippen LogP) is 5.53. The van der Waals surface area contributed by atoms with Gasteiger partial charge in [-0.2, -0.15) is 10.2 Å². The molecule has 0 bridgehead atoms. The minimum absolute atomic E-state index is 0.0381. The lowest BCUT2D eigenvalue weighted by Gasteiger charge is -2.18. The van der Waals surface area contributed by atoms with Gasteiger partial charge in [-0.25, -0.2) is 14.6 Å². The maximum Gasteiger partial charge on any atom is 0.407 e. The Balaban J connectivity index is 1.20. The number of nitrogen functional groups attached to an aromatic ring is 1. The molecule has 1 amide bonds. The summed E-state index contributed by atoms with van der Waals surface area (Å²) < 4.78 is 18.3. The van der Waals surface area contributed by atoms with Crippen molar-refractivity contribution in [3.8, 4) is 12.1 Å². The lowest BCUT2D eigenvalue weighted by molar-refractivity contribution is -0.149. The monoisotopic (exact) mass is 620 g/mol. The van der Waals surface area contributed by atoms with Gasteiger partial charge in [0.15, 0.2) is 0 Å². The van der Waals surface area contributed by atoms with E-state index in [1.807, 2.05) is 54.4 Å². The van der Waals surface area contributed by atoms with Gasteiger partial charge in [0.05, 0.1) is 11.5 Å². The Kier molecular flexibility index (Phi) is 10.2. The van der Waals surface area contributed by atoms with Crippen LogP contribution < -0.4 is 20.7 Å². The van der Waals surface area contributed by atoms with Gasteiger partial charge in [0.1, 0.15) is 36.3 Å². The average Bonchev–Trinajstić information content (AvgIpc) is 3.52. The Hall–Kier alpha value is -4.67. The number of carbonyl (C=O) groups excluding carboxylic acids is 2. The normalized spacial score (nSPS) is 11.6. The summed E-state index contributed by atoms with van der Waals surface area (Å²) >= 11 is 3.07. The number of benzene rings is 1. The molecule has 0 atom stereocenters. The molecule has 1 aromatic carbocycles. The first-order valence-electron chi connectivity index (χ1n) is 13.3. The molecule has 13 heteroatoms. The third-order valence-electron chi connectivity index (χ3n) is 5.76. The van der Waals surface area contributed by atoms with E-state index < -0.39 is 17.7 Å². The molecular formula is C30H32N6O5S2. The number of likely N-dealkylation sites (N-methyl/N-ethyl adjacent to an activating group) is 1. The standard InChI is InChI=1S/C30H32N6O5S2/c1-30(2,3)41-27(37)21(16-31)13-22-14-23-24(42-22)15-26(43-23)36(4)11-12-39-29(38)34-17-19-5-7-20(8-6-19)18-40-28-33-10-9-25(32)35-28/h5-10,13-15H,11-12,17-18H2,1-4H3,(H,34,38)(H2,32,33,35)/b21-13+. The predicted molar refractivity (Wildman–Crippen MR) is 168 cm³/mol. The van der Waals surface area contributed by atoms with E-state index in [2.05, 4.69) is 15.3 Å². The molecule has 0 aliphatic rings. The average molecular weight is 621 g/mol. The van der Waals surface area contributed by atoms with Crippen LogP contribution in [0, 0.1) is 11.3 Å². The topological polar surface area (TPSA) is 153 Å². The number of rotatable bonds is 11. The van der Waals surface area contributed by atoms with E-state index in [1.165, 1.54) is 17.5 Å². The number of alkyl carbamates (subject to hydrolysis) is 1. The van der Waals surface area contributed by atoms with E-state index in [-0.39, 0.29) is 18.2 Å². The second kappa shape index (κ2) is 14.0. The minimum Gasteiger partial charge on any atom is -0.459 e. The molecule has 4 rings (SSSR count). The van der Waals surface area contributed by atoms with Crippen LogP contribution in [0.15, 0.2) is 54.2 Å². The molecule has 0 unspecified atom stereocenters. The fourth-order valence-electron chi connectivity index (χ4n) is 3.65. The van der Waals surface area contributed by atoms with Gasteiger partial charge in [-0.05, 0) is 56.2 Å². The molecule has 11 nitrogen and oxygen atoms in total. The van der Waals surface area contributed by atoms with Crippen molar-refractivity contribution in [1.82, 2.24) is 15.3 Å². The molecule has 3 heterocycles. The SMILES string of the molecule is CN(CCOC(=O)NCc1ccc(COc2nccc(N)n2)cc1)c1cc2sc(/C=C(\C#N)C(=O)OC(C)(C)C)cc2s1. The van der Waals surface area contributed by atoms with E-state index in [4.69, 9.17) is 19.9 Å². The maximum absolute atomic E-state index is 12.3. The highest BCUT2D eigenvalue weighted by molar-refractivity contribution is 7.30. The number of nitrogens with zero attached hydrogens (tertiary/aromatic N) is 4. The minimum atomic E-state index is -0.675. The molecule has 0 aliphatic carbocycles. The quantitative estimate of drug-likeness (QED) is 0.124. The van der Waals surface area contributed by atoms with Crippen molar-refractivity contribution < 1.29 is 23.8 Å². The third kappa shape index (κ3) is 9.42. The van der Waals surface area contributed by atoms with Crippen molar-refractivity contribution in [2.24, 2.45) is 0 Å². The molecular weight excluding hydrogens is 589 g/mol. The number of ether oxygens (including phenoxy) is 3. The molecule has 0 radical (unpaired) electrons. The number of amides is 1. The molecule has 0 fully saturated rings. The van der Waals surface area contributed by atoms with Crippen LogP contribution in [-0.2, 0) is 27.4 Å². The maximum atomic E-state index is 12.3. The third-order valence-corrected chi connectivity index (χ3v) is 8.11. The van der Waals surface area contributed by atoms with Gasteiger partial charge in [-0.15, -0.1) is 22.7 Å². The van der Waals surface area contributed by atoms with Crippen LogP contribution in [-0.4, -0.2) is 47.8 Å². The highest BCUT2D eigenvalue weighted by Gasteiger charge is 2.20. The largest absolute Gasteiger partial charge is 0.459 e. The number of thiophene rings is 2. The Morgan fingerprint density at radius 1 is 1.12 bits per heavy atom. The first kappa shape index (κ1) is 31.3. The van der Waals surface area contributed by atoms with Crippen molar-refractivity contribution in [2.45, 2.75) is 39.5 Å². The summed E-state index contributed by atoms with van der Waals surface area (Å²) in [6.45, 7) is 6.63. The second-order valence-electron chi connectivity index (χ2n) is 10.4. The summed E-state index contributed by atoms with van der Waals surface area (Å²) in [5.41, 5.74) is 6.76. The zero-order valence-electron chi connectivity index (χ0n) is 24.2. The van der Waals surface area contributed by atoms with Crippen molar-refractivity contribution in [2.75, 3.05) is 30.8 Å². The van der Waals surface area contributed by atoms with Crippen LogP contribution in [0.1, 0.15) is 36.8 Å². The number of aromatic nitrogens is 2. The fourth-order valence-corrected chi connectivity index (χ4v) is 5.98. The number of carbonyl (C=O) groups is 2. The first-order chi connectivity index (χ1) is 20.5. The fraction of sp³-hybridized carbons (Fsp3) is 0.300. The van der Waals surface area contributed by atoms with Gasteiger partial charge in [0, 0.05) is 34.1 Å². The second-order valence-corrected chi connectivity index (χ2v) is 12.6. The van der Waals surface area contributed by atoms with Crippen LogP contribution in [0.3, 0.4) is 0 Å². The van der Waals surface area contributed by atoms with Gasteiger partial charge in [0.2, 0.25) is 0 Å².